The number of benzene rings is 1. The molecule has 4 nitrogen and oxygen atoms in total. The summed E-state index contributed by atoms with van der Waals surface area (Å²) in [5, 5.41) is 3.61. The third-order valence-electron chi connectivity index (χ3n) is 4.20. The standard InChI is InChI=1S/C17H24N2O2/c1-17(2,3)21-16(20)19-10-6-9-15-13(11-19)12-7-4-5-8-14(12)18-15/h4-5,7-8,13,15,18H,6,9-11H2,1-3H3. The summed E-state index contributed by atoms with van der Waals surface area (Å²) in [6, 6.07) is 8.87. The molecular weight excluding hydrogens is 264 g/mol. The molecule has 1 fully saturated rings. The second-order valence-electron chi connectivity index (χ2n) is 7.01. The molecule has 2 unspecified atom stereocenters. The normalized spacial score (nSPS) is 24.6. The Hall–Kier alpha value is -1.71. The van der Waals surface area contributed by atoms with Gasteiger partial charge < -0.3 is 15.0 Å². The van der Waals surface area contributed by atoms with Crippen LogP contribution in [0.1, 0.15) is 45.1 Å². The lowest BCUT2D eigenvalue weighted by Crippen LogP contribution is -2.39. The lowest BCUT2D eigenvalue weighted by molar-refractivity contribution is 0.0249. The van der Waals surface area contributed by atoms with Crippen LogP contribution in [0.2, 0.25) is 0 Å². The highest BCUT2D eigenvalue weighted by molar-refractivity contribution is 5.69. The number of amides is 1. The van der Waals surface area contributed by atoms with E-state index in [2.05, 4.69) is 29.6 Å². The number of fused-ring (bicyclic) bond motifs is 3. The number of anilines is 1. The van der Waals surface area contributed by atoms with Crippen LogP contribution in [0.25, 0.3) is 0 Å². The van der Waals surface area contributed by atoms with E-state index in [1.165, 1.54) is 11.3 Å². The van der Waals surface area contributed by atoms with Crippen molar-refractivity contribution in [3.8, 4) is 0 Å². The summed E-state index contributed by atoms with van der Waals surface area (Å²) in [4.78, 5) is 14.2. The van der Waals surface area contributed by atoms with Crippen molar-refractivity contribution in [2.75, 3.05) is 18.4 Å². The van der Waals surface area contributed by atoms with E-state index in [1.54, 1.807) is 0 Å². The van der Waals surface area contributed by atoms with Crippen LogP contribution in [0.3, 0.4) is 0 Å². The van der Waals surface area contributed by atoms with Crippen molar-refractivity contribution in [1.82, 2.24) is 4.90 Å². The highest BCUT2D eigenvalue weighted by atomic mass is 16.6. The average Bonchev–Trinajstić information content (AvgIpc) is 2.60. The van der Waals surface area contributed by atoms with Gasteiger partial charge >= 0.3 is 6.09 Å². The number of likely N-dealkylation sites (tertiary alicyclic amines) is 1. The SMILES string of the molecule is CC(C)(C)OC(=O)N1CCCC2Nc3ccccc3C2C1. The molecule has 3 rings (SSSR count). The number of hydrogen-bond donors (Lipinski definition) is 1. The predicted molar refractivity (Wildman–Crippen MR) is 83.6 cm³/mol. The quantitative estimate of drug-likeness (QED) is 0.793. The number of para-hydroxylation sites is 1. The van der Waals surface area contributed by atoms with Crippen molar-refractivity contribution >= 4 is 11.8 Å². The maximum Gasteiger partial charge on any atom is 0.410 e. The molecule has 114 valence electrons. The molecule has 1 saturated heterocycles. The molecule has 21 heavy (non-hydrogen) atoms. The summed E-state index contributed by atoms with van der Waals surface area (Å²) in [5.41, 5.74) is 2.12. The van der Waals surface area contributed by atoms with E-state index in [0.29, 0.717) is 12.0 Å². The maximum atomic E-state index is 12.4. The fraction of sp³-hybridized carbons (Fsp3) is 0.588. The van der Waals surface area contributed by atoms with Crippen LogP contribution >= 0.6 is 0 Å². The Morgan fingerprint density at radius 1 is 1.33 bits per heavy atom. The Balaban J connectivity index is 1.77. The van der Waals surface area contributed by atoms with Gasteiger partial charge in [0.05, 0.1) is 0 Å². The van der Waals surface area contributed by atoms with Crippen molar-refractivity contribution in [2.45, 2.75) is 51.2 Å². The number of nitrogens with zero attached hydrogens (tertiary/aromatic N) is 1. The van der Waals surface area contributed by atoms with Gasteiger partial charge in [0.15, 0.2) is 0 Å². The first-order chi connectivity index (χ1) is 9.94. The first-order valence-corrected chi connectivity index (χ1v) is 7.77. The summed E-state index contributed by atoms with van der Waals surface area (Å²) in [7, 11) is 0. The summed E-state index contributed by atoms with van der Waals surface area (Å²) in [6.07, 6.45) is 1.92. The lowest BCUT2D eigenvalue weighted by atomic mass is 9.93. The van der Waals surface area contributed by atoms with E-state index >= 15 is 0 Å². The largest absolute Gasteiger partial charge is 0.444 e. The van der Waals surface area contributed by atoms with Crippen LogP contribution < -0.4 is 5.32 Å². The molecule has 2 atom stereocenters. The molecule has 1 N–H and O–H groups in total. The van der Waals surface area contributed by atoms with E-state index < -0.39 is 5.60 Å². The van der Waals surface area contributed by atoms with Crippen LogP contribution in [-0.2, 0) is 4.74 Å². The van der Waals surface area contributed by atoms with E-state index in [-0.39, 0.29) is 6.09 Å². The van der Waals surface area contributed by atoms with Gasteiger partial charge in [0.25, 0.3) is 0 Å². The van der Waals surface area contributed by atoms with Crippen LogP contribution in [0.15, 0.2) is 24.3 Å². The monoisotopic (exact) mass is 288 g/mol. The highest BCUT2D eigenvalue weighted by Gasteiger charge is 2.37. The fourth-order valence-corrected chi connectivity index (χ4v) is 3.29. The van der Waals surface area contributed by atoms with Crippen molar-refractivity contribution in [3.05, 3.63) is 29.8 Å². The fourth-order valence-electron chi connectivity index (χ4n) is 3.29. The van der Waals surface area contributed by atoms with Crippen molar-refractivity contribution in [1.29, 1.82) is 0 Å². The van der Waals surface area contributed by atoms with Crippen molar-refractivity contribution in [2.24, 2.45) is 0 Å². The molecule has 1 aromatic rings. The maximum absolute atomic E-state index is 12.4. The van der Waals surface area contributed by atoms with E-state index in [1.807, 2.05) is 25.7 Å². The first kappa shape index (κ1) is 14.2. The van der Waals surface area contributed by atoms with Gasteiger partial charge in [-0.3, -0.25) is 0 Å². The minimum absolute atomic E-state index is 0.187. The number of hydrogen-bond acceptors (Lipinski definition) is 3. The molecule has 2 aliphatic heterocycles. The average molecular weight is 288 g/mol. The van der Waals surface area contributed by atoms with Crippen molar-refractivity contribution < 1.29 is 9.53 Å². The number of ether oxygens (including phenoxy) is 1. The van der Waals surface area contributed by atoms with Gasteiger partial charge in [-0.25, -0.2) is 4.79 Å². The Kier molecular flexibility index (Phi) is 3.56. The zero-order chi connectivity index (χ0) is 15.0. The Bertz CT molecular complexity index is 536. The highest BCUT2D eigenvalue weighted by Crippen LogP contribution is 2.39. The number of carbonyl (C=O) groups excluding carboxylic acids is 1. The van der Waals surface area contributed by atoms with E-state index in [9.17, 15) is 4.79 Å². The molecule has 0 aromatic heterocycles. The van der Waals surface area contributed by atoms with E-state index in [0.717, 1.165) is 25.9 Å². The zero-order valence-electron chi connectivity index (χ0n) is 13.1. The molecule has 2 heterocycles. The van der Waals surface area contributed by atoms with Gasteiger partial charge in [0.2, 0.25) is 0 Å². The molecule has 2 aliphatic rings. The molecule has 1 amide bonds. The third-order valence-corrected chi connectivity index (χ3v) is 4.20. The van der Waals surface area contributed by atoms with Crippen LogP contribution in [-0.4, -0.2) is 35.7 Å². The Morgan fingerprint density at radius 2 is 2.10 bits per heavy atom. The van der Waals surface area contributed by atoms with Gasteiger partial charge in [0.1, 0.15) is 5.60 Å². The topological polar surface area (TPSA) is 41.6 Å². The minimum atomic E-state index is -0.436. The summed E-state index contributed by atoms with van der Waals surface area (Å²) >= 11 is 0. The molecule has 0 bridgehead atoms. The lowest BCUT2D eigenvalue weighted by Gasteiger charge is -2.28. The Morgan fingerprint density at radius 3 is 2.86 bits per heavy atom. The predicted octanol–water partition coefficient (Wildman–Crippen LogP) is 3.60. The van der Waals surface area contributed by atoms with Crippen LogP contribution in [0.5, 0.6) is 0 Å². The first-order valence-electron chi connectivity index (χ1n) is 7.77. The molecule has 0 aliphatic carbocycles. The third kappa shape index (κ3) is 2.99. The smallest absolute Gasteiger partial charge is 0.410 e. The van der Waals surface area contributed by atoms with Crippen LogP contribution in [0.4, 0.5) is 10.5 Å². The zero-order valence-corrected chi connectivity index (χ0v) is 13.1. The van der Waals surface area contributed by atoms with Gasteiger partial charge in [-0.05, 0) is 45.2 Å². The summed E-state index contributed by atoms with van der Waals surface area (Å²) in [6.45, 7) is 7.27. The summed E-state index contributed by atoms with van der Waals surface area (Å²) in [5.74, 6) is 0.371. The minimum Gasteiger partial charge on any atom is -0.444 e. The molecule has 0 spiro atoms. The molecule has 0 radical (unpaired) electrons. The number of nitrogens with one attached hydrogen (secondary N) is 1. The van der Waals surface area contributed by atoms with Gasteiger partial charge in [-0.2, -0.15) is 0 Å². The van der Waals surface area contributed by atoms with Gasteiger partial charge in [-0.15, -0.1) is 0 Å². The van der Waals surface area contributed by atoms with Crippen LogP contribution in [0, 0.1) is 0 Å². The van der Waals surface area contributed by atoms with Gasteiger partial charge in [-0.1, -0.05) is 18.2 Å². The second kappa shape index (κ2) is 5.24. The summed E-state index contributed by atoms with van der Waals surface area (Å²) < 4.78 is 5.54. The molecule has 0 saturated carbocycles. The Labute approximate surface area is 126 Å². The van der Waals surface area contributed by atoms with Crippen molar-refractivity contribution in [3.63, 3.8) is 0 Å². The molecular formula is C17H24N2O2. The molecule has 4 heteroatoms. The molecule has 1 aromatic carbocycles. The number of carbonyl (C=O) groups is 1. The number of rotatable bonds is 0. The van der Waals surface area contributed by atoms with E-state index in [4.69, 9.17) is 4.74 Å². The second-order valence-corrected chi connectivity index (χ2v) is 7.01. The van der Waals surface area contributed by atoms with Gasteiger partial charge in [0, 0.05) is 30.7 Å².